The van der Waals surface area contributed by atoms with Crippen molar-refractivity contribution in [1.82, 2.24) is 19.2 Å². The first-order valence-electron chi connectivity index (χ1n) is 12.9. The van der Waals surface area contributed by atoms with Gasteiger partial charge in [0.2, 0.25) is 0 Å². The maximum atomic E-state index is 10.1. The van der Waals surface area contributed by atoms with Crippen molar-refractivity contribution in [3.63, 3.8) is 0 Å². The highest BCUT2D eigenvalue weighted by atomic mass is 32.1. The van der Waals surface area contributed by atoms with Crippen LogP contribution in [-0.4, -0.2) is 19.2 Å². The lowest BCUT2D eigenvalue weighted by Crippen LogP contribution is -2.26. The third-order valence-corrected chi connectivity index (χ3v) is 9.13. The summed E-state index contributed by atoms with van der Waals surface area (Å²) in [6, 6.07) is 8.98. The van der Waals surface area contributed by atoms with Gasteiger partial charge in [-0.1, -0.05) is 78.2 Å². The molecule has 4 aromatic rings. The summed E-state index contributed by atoms with van der Waals surface area (Å²) in [6.45, 7) is 21.7. The number of nitriles is 2. The lowest BCUT2D eigenvalue weighted by atomic mass is 9.70. The van der Waals surface area contributed by atoms with Crippen LogP contribution >= 0.6 is 23.1 Å². The first kappa shape index (κ1) is 28.1. The normalized spacial score (nSPS) is 13.2. The molecule has 0 saturated carbocycles. The number of benzene rings is 2. The van der Waals surface area contributed by atoms with Gasteiger partial charge >= 0.3 is 0 Å². The molecule has 0 bridgehead atoms. The van der Waals surface area contributed by atoms with E-state index in [1.807, 2.05) is 6.07 Å². The predicted molar refractivity (Wildman–Crippen MR) is 157 cm³/mol. The molecule has 0 fully saturated rings. The van der Waals surface area contributed by atoms with Crippen LogP contribution < -0.4 is 0 Å². The van der Waals surface area contributed by atoms with E-state index in [1.165, 1.54) is 23.1 Å². The number of hydrogen-bond donors (Lipinski definition) is 0. The standard InChI is InChI=1S/C30H36N6S2/c1-27(2,3)21-17(15-31)14-20(25-24(21)34-36-37-25)30(9,10)12-11-29(7,8)19-13-18(16-32)22(28(4,5)6)26-23(19)33-35-38-26/h13-14H,11-12H2,1-10H3. The Labute approximate surface area is 234 Å². The highest BCUT2D eigenvalue weighted by Crippen LogP contribution is 2.45. The summed E-state index contributed by atoms with van der Waals surface area (Å²) in [7, 11) is 0. The van der Waals surface area contributed by atoms with Crippen molar-refractivity contribution in [1.29, 1.82) is 10.5 Å². The molecular weight excluding hydrogens is 509 g/mol. The Bertz CT molecular complexity index is 1490. The molecule has 0 atom stereocenters. The van der Waals surface area contributed by atoms with Gasteiger partial charge in [0, 0.05) is 5.56 Å². The first-order valence-corrected chi connectivity index (χ1v) is 14.5. The third kappa shape index (κ3) is 4.81. The fourth-order valence-corrected chi connectivity index (χ4v) is 7.29. The average molecular weight is 545 g/mol. The molecule has 8 heteroatoms. The number of fused-ring (bicyclic) bond motifs is 2. The van der Waals surface area contributed by atoms with Gasteiger partial charge in [-0.05, 0) is 86.4 Å². The van der Waals surface area contributed by atoms with Crippen molar-refractivity contribution in [2.45, 2.75) is 104 Å². The van der Waals surface area contributed by atoms with E-state index in [0.29, 0.717) is 11.1 Å². The van der Waals surface area contributed by atoms with Crippen LogP contribution in [0.5, 0.6) is 0 Å². The Morgan fingerprint density at radius 1 is 0.632 bits per heavy atom. The molecule has 0 N–H and O–H groups in total. The minimum atomic E-state index is -0.248. The van der Waals surface area contributed by atoms with Crippen LogP contribution in [0.15, 0.2) is 12.1 Å². The topological polar surface area (TPSA) is 99.1 Å². The van der Waals surface area contributed by atoms with Gasteiger partial charge < -0.3 is 0 Å². The molecule has 0 radical (unpaired) electrons. The molecule has 2 aromatic carbocycles. The van der Waals surface area contributed by atoms with Crippen LogP contribution in [0.1, 0.15) is 115 Å². The smallest absolute Gasteiger partial charge is 0.111 e. The van der Waals surface area contributed by atoms with Crippen molar-refractivity contribution in [2.24, 2.45) is 0 Å². The highest BCUT2D eigenvalue weighted by Gasteiger charge is 2.35. The van der Waals surface area contributed by atoms with E-state index in [4.69, 9.17) is 0 Å². The Balaban J connectivity index is 1.77. The average Bonchev–Trinajstić information content (AvgIpc) is 3.48. The van der Waals surface area contributed by atoms with Crippen LogP contribution in [0.4, 0.5) is 0 Å². The number of rotatable bonds is 5. The van der Waals surface area contributed by atoms with Gasteiger partial charge in [-0.2, -0.15) is 10.5 Å². The largest absolute Gasteiger partial charge is 0.192 e. The summed E-state index contributed by atoms with van der Waals surface area (Å²) in [4.78, 5) is 0. The van der Waals surface area contributed by atoms with Gasteiger partial charge in [0.15, 0.2) is 0 Å². The van der Waals surface area contributed by atoms with Gasteiger partial charge in [-0.25, -0.2) is 0 Å². The summed E-state index contributed by atoms with van der Waals surface area (Å²) in [5, 5.41) is 29.1. The quantitative estimate of drug-likeness (QED) is 0.252. The number of nitrogens with zero attached hydrogens (tertiary/aromatic N) is 6. The molecule has 0 saturated heterocycles. The van der Waals surface area contributed by atoms with E-state index >= 15 is 0 Å². The zero-order valence-corrected chi connectivity index (χ0v) is 25.7. The summed E-state index contributed by atoms with van der Waals surface area (Å²) < 4.78 is 10.7. The van der Waals surface area contributed by atoms with Crippen molar-refractivity contribution < 1.29 is 0 Å². The molecule has 2 heterocycles. The van der Waals surface area contributed by atoms with E-state index in [2.05, 4.69) is 107 Å². The fourth-order valence-electron chi connectivity index (χ4n) is 5.47. The second-order valence-corrected chi connectivity index (χ2v) is 15.1. The Hall–Kier alpha value is -2.94. The van der Waals surface area contributed by atoms with Crippen LogP contribution in [0, 0.1) is 22.7 Å². The van der Waals surface area contributed by atoms with Gasteiger partial charge in [0.1, 0.15) is 11.0 Å². The minimum Gasteiger partial charge on any atom is -0.192 e. The second-order valence-electron chi connectivity index (χ2n) is 13.6. The van der Waals surface area contributed by atoms with E-state index in [0.717, 1.165) is 55.5 Å². The number of aromatic nitrogens is 4. The number of hydrogen-bond acceptors (Lipinski definition) is 8. The monoisotopic (exact) mass is 544 g/mol. The Morgan fingerprint density at radius 3 is 1.61 bits per heavy atom. The molecule has 0 aliphatic heterocycles. The molecule has 6 nitrogen and oxygen atoms in total. The lowest BCUT2D eigenvalue weighted by molar-refractivity contribution is 0.378. The zero-order valence-electron chi connectivity index (χ0n) is 24.1. The van der Waals surface area contributed by atoms with E-state index in [-0.39, 0.29) is 21.7 Å². The maximum Gasteiger partial charge on any atom is 0.111 e. The molecule has 0 unspecified atom stereocenters. The predicted octanol–water partition coefficient (Wildman–Crippen LogP) is 8.07. The van der Waals surface area contributed by atoms with Crippen molar-refractivity contribution in [3.05, 3.63) is 45.5 Å². The third-order valence-electron chi connectivity index (χ3n) is 7.63. The highest BCUT2D eigenvalue weighted by molar-refractivity contribution is 7.13. The van der Waals surface area contributed by atoms with E-state index in [1.54, 1.807) is 0 Å². The molecule has 0 aliphatic rings. The van der Waals surface area contributed by atoms with Gasteiger partial charge in [-0.15, -0.1) is 10.2 Å². The van der Waals surface area contributed by atoms with Crippen LogP contribution in [0.3, 0.4) is 0 Å². The van der Waals surface area contributed by atoms with Gasteiger partial charge in [0.25, 0.3) is 0 Å². The maximum absolute atomic E-state index is 10.1. The van der Waals surface area contributed by atoms with Crippen molar-refractivity contribution in [3.8, 4) is 12.1 Å². The van der Waals surface area contributed by atoms with Crippen molar-refractivity contribution in [2.75, 3.05) is 0 Å². The lowest BCUT2D eigenvalue weighted by Gasteiger charge is -2.33. The van der Waals surface area contributed by atoms with E-state index < -0.39 is 0 Å². The molecule has 0 spiro atoms. The molecular formula is C30H36N6S2. The van der Waals surface area contributed by atoms with E-state index in [9.17, 15) is 10.5 Å². The molecule has 0 aliphatic carbocycles. The summed E-state index contributed by atoms with van der Waals surface area (Å²) in [5.74, 6) is 0. The van der Waals surface area contributed by atoms with Crippen LogP contribution in [-0.2, 0) is 21.7 Å². The zero-order chi connectivity index (χ0) is 28.3. The fraction of sp³-hybridized carbons (Fsp3) is 0.533. The first-order chi connectivity index (χ1) is 17.5. The van der Waals surface area contributed by atoms with Gasteiger partial charge in [0.05, 0.1) is 32.7 Å². The van der Waals surface area contributed by atoms with Crippen LogP contribution in [0.2, 0.25) is 0 Å². The Morgan fingerprint density at radius 2 is 1.08 bits per heavy atom. The van der Waals surface area contributed by atoms with Gasteiger partial charge in [-0.3, -0.25) is 0 Å². The molecule has 0 amide bonds. The Kier molecular flexibility index (Phi) is 6.92. The summed E-state index contributed by atoms with van der Waals surface area (Å²) in [5.41, 5.74) is 6.40. The van der Waals surface area contributed by atoms with Crippen LogP contribution in [0.25, 0.3) is 20.4 Å². The summed E-state index contributed by atoms with van der Waals surface area (Å²) in [6.07, 6.45) is 1.73. The molecule has 38 heavy (non-hydrogen) atoms. The molecule has 2 aromatic heterocycles. The SMILES string of the molecule is CC(C)(C)c1c(C#N)cc(C(C)(C)CCC(C)(C)c2cc(C#N)c(C(C)(C)C)c3snnc23)c2snnc12. The molecule has 4 rings (SSSR count). The molecule has 198 valence electrons. The minimum absolute atomic E-state index is 0.186. The second kappa shape index (κ2) is 9.36. The summed E-state index contributed by atoms with van der Waals surface area (Å²) >= 11 is 2.78. The van der Waals surface area contributed by atoms with Crippen molar-refractivity contribution >= 4 is 43.5 Å².